The lowest BCUT2D eigenvalue weighted by atomic mass is 9.96. The number of halogens is 1. The minimum atomic E-state index is -0.0408. The first-order chi connectivity index (χ1) is 8.47. The molecule has 0 atom stereocenters. The van der Waals surface area contributed by atoms with Crippen molar-refractivity contribution in [1.82, 2.24) is 9.97 Å². The summed E-state index contributed by atoms with van der Waals surface area (Å²) in [5.74, 6) is 1.87. The molecular formula is C13H20BrN3O. The summed E-state index contributed by atoms with van der Waals surface area (Å²) in [7, 11) is 0. The molecule has 1 aliphatic heterocycles. The van der Waals surface area contributed by atoms with E-state index in [4.69, 9.17) is 9.72 Å². The molecule has 0 spiro atoms. The van der Waals surface area contributed by atoms with Crippen LogP contribution in [-0.2, 0) is 10.2 Å². The summed E-state index contributed by atoms with van der Waals surface area (Å²) in [6, 6.07) is 1.99. The third-order valence-corrected chi connectivity index (χ3v) is 3.30. The van der Waals surface area contributed by atoms with E-state index < -0.39 is 0 Å². The summed E-state index contributed by atoms with van der Waals surface area (Å²) in [6.45, 7) is 9.89. The first-order valence-electron chi connectivity index (χ1n) is 6.34. The average Bonchev–Trinajstić information content (AvgIpc) is 2.55. The Morgan fingerprint density at radius 3 is 2.72 bits per heavy atom. The molecule has 4 nitrogen and oxygen atoms in total. The van der Waals surface area contributed by atoms with Gasteiger partial charge in [-0.3, -0.25) is 0 Å². The van der Waals surface area contributed by atoms with Crippen molar-refractivity contribution in [3.8, 4) is 0 Å². The van der Waals surface area contributed by atoms with Gasteiger partial charge in [0.15, 0.2) is 0 Å². The van der Waals surface area contributed by atoms with Crippen molar-refractivity contribution in [3.63, 3.8) is 0 Å². The van der Waals surface area contributed by atoms with Crippen molar-refractivity contribution in [2.45, 2.75) is 32.6 Å². The number of hydrogen-bond acceptors (Lipinski definition) is 4. The molecule has 0 saturated carbocycles. The molecule has 1 aromatic rings. The number of ether oxygens (including phenoxy) is 1. The second-order valence-corrected chi connectivity index (χ2v) is 6.39. The van der Waals surface area contributed by atoms with Gasteiger partial charge >= 0.3 is 0 Å². The molecule has 1 saturated heterocycles. The van der Waals surface area contributed by atoms with Crippen LogP contribution >= 0.6 is 15.9 Å². The Morgan fingerprint density at radius 1 is 1.22 bits per heavy atom. The molecule has 0 bridgehead atoms. The van der Waals surface area contributed by atoms with Crippen molar-refractivity contribution in [2.75, 3.05) is 31.2 Å². The van der Waals surface area contributed by atoms with Crippen LogP contribution in [0.5, 0.6) is 0 Å². The van der Waals surface area contributed by atoms with Gasteiger partial charge in [0, 0.05) is 31.2 Å². The van der Waals surface area contributed by atoms with Crippen LogP contribution < -0.4 is 4.90 Å². The fourth-order valence-corrected chi connectivity index (χ4v) is 2.25. The van der Waals surface area contributed by atoms with Crippen LogP contribution in [0.15, 0.2) is 10.7 Å². The maximum atomic E-state index is 5.48. The third-order valence-electron chi connectivity index (χ3n) is 2.90. The summed E-state index contributed by atoms with van der Waals surface area (Å²) < 4.78 is 6.33. The van der Waals surface area contributed by atoms with Crippen molar-refractivity contribution >= 4 is 21.7 Å². The first-order valence-corrected chi connectivity index (χ1v) is 7.14. The number of anilines is 1. The summed E-state index contributed by atoms with van der Waals surface area (Å²) >= 11 is 3.48. The smallest absolute Gasteiger partial charge is 0.137 e. The van der Waals surface area contributed by atoms with Crippen LogP contribution in [-0.4, -0.2) is 36.3 Å². The van der Waals surface area contributed by atoms with Gasteiger partial charge in [-0.15, -0.1) is 0 Å². The molecule has 0 aromatic carbocycles. The summed E-state index contributed by atoms with van der Waals surface area (Å²) in [5.41, 5.74) is -0.0408. The highest BCUT2D eigenvalue weighted by molar-refractivity contribution is 9.10. The second kappa shape index (κ2) is 5.53. The summed E-state index contributed by atoms with van der Waals surface area (Å²) in [5, 5.41) is 0. The normalized spacial score (nSPS) is 17.7. The van der Waals surface area contributed by atoms with Gasteiger partial charge in [0.2, 0.25) is 0 Å². The molecule has 2 rings (SSSR count). The molecule has 1 fully saturated rings. The fraction of sp³-hybridized carbons (Fsp3) is 0.692. The van der Waals surface area contributed by atoms with Gasteiger partial charge in [-0.25, -0.2) is 9.97 Å². The SMILES string of the molecule is CC(C)(C)c1nc(Br)cc(N2CCCOCC2)n1. The van der Waals surface area contributed by atoms with Crippen molar-refractivity contribution in [2.24, 2.45) is 0 Å². The number of aromatic nitrogens is 2. The lowest BCUT2D eigenvalue weighted by Crippen LogP contribution is -2.28. The van der Waals surface area contributed by atoms with Crippen molar-refractivity contribution < 1.29 is 4.74 Å². The van der Waals surface area contributed by atoms with Gasteiger partial charge in [-0.1, -0.05) is 20.8 Å². The molecule has 100 valence electrons. The van der Waals surface area contributed by atoms with E-state index in [1.54, 1.807) is 0 Å². The van der Waals surface area contributed by atoms with E-state index in [-0.39, 0.29) is 5.41 Å². The zero-order valence-electron chi connectivity index (χ0n) is 11.2. The highest BCUT2D eigenvalue weighted by Crippen LogP contribution is 2.24. The van der Waals surface area contributed by atoms with Gasteiger partial charge in [0.1, 0.15) is 16.2 Å². The lowest BCUT2D eigenvalue weighted by Gasteiger charge is -2.24. The Balaban J connectivity index is 2.29. The van der Waals surface area contributed by atoms with Crippen LogP contribution in [0, 0.1) is 0 Å². The molecule has 18 heavy (non-hydrogen) atoms. The molecule has 0 unspecified atom stereocenters. The quantitative estimate of drug-likeness (QED) is 0.747. The molecule has 1 aromatic heterocycles. The molecule has 0 aliphatic carbocycles. The van der Waals surface area contributed by atoms with Gasteiger partial charge in [-0.05, 0) is 22.4 Å². The Kier molecular flexibility index (Phi) is 4.22. The predicted octanol–water partition coefficient (Wildman–Crippen LogP) is 2.76. The molecule has 1 aliphatic rings. The monoisotopic (exact) mass is 313 g/mol. The van der Waals surface area contributed by atoms with E-state index in [0.717, 1.165) is 49.0 Å². The number of hydrogen-bond donors (Lipinski definition) is 0. The fourth-order valence-electron chi connectivity index (χ4n) is 1.88. The Hall–Kier alpha value is -0.680. The predicted molar refractivity (Wildman–Crippen MR) is 76.1 cm³/mol. The topological polar surface area (TPSA) is 38.2 Å². The molecule has 0 radical (unpaired) electrons. The van der Waals surface area contributed by atoms with Crippen molar-refractivity contribution in [1.29, 1.82) is 0 Å². The Bertz CT molecular complexity index is 409. The van der Waals surface area contributed by atoms with E-state index in [1.807, 2.05) is 6.07 Å². The number of nitrogens with zero attached hydrogens (tertiary/aromatic N) is 3. The van der Waals surface area contributed by atoms with Crippen LogP contribution in [0.3, 0.4) is 0 Å². The van der Waals surface area contributed by atoms with Gasteiger partial charge in [0.25, 0.3) is 0 Å². The molecule has 0 N–H and O–H groups in total. The largest absolute Gasteiger partial charge is 0.380 e. The Labute approximate surface area is 117 Å². The maximum Gasteiger partial charge on any atom is 0.137 e. The number of rotatable bonds is 1. The minimum Gasteiger partial charge on any atom is -0.380 e. The third kappa shape index (κ3) is 3.42. The van der Waals surface area contributed by atoms with E-state index >= 15 is 0 Å². The maximum absolute atomic E-state index is 5.48. The summed E-state index contributed by atoms with van der Waals surface area (Å²) in [6.07, 6.45) is 1.05. The molecule has 2 heterocycles. The average molecular weight is 314 g/mol. The zero-order chi connectivity index (χ0) is 13.2. The summed E-state index contributed by atoms with van der Waals surface area (Å²) in [4.78, 5) is 11.4. The zero-order valence-corrected chi connectivity index (χ0v) is 12.8. The van der Waals surface area contributed by atoms with Gasteiger partial charge in [-0.2, -0.15) is 0 Å². The van der Waals surface area contributed by atoms with Crippen LogP contribution in [0.1, 0.15) is 33.0 Å². The van der Waals surface area contributed by atoms with Gasteiger partial charge in [0.05, 0.1) is 6.61 Å². The van der Waals surface area contributed by atoms with Crippen molar-refractivity contribution in [3.05, 3.63) is 16.5 Å². The van der Waals surface area contributed by atoms with Gasteiger partial charge < -0.3 is 9.64 Å². The highest BCUT2D eigenvalue weighted by Gasteiger charge is 2.20. The second-order valence-electron chi connectivity index (χ2n) is 5.58. The van der Waals surface area contributed by atoms with Crippen LogP contribution in [0.2, 0.25) is 0 Å². The molecular weight excluding hydrogens is 294 g/mol. The van der Waals surface area contributed by atoms with Crippen LogP contribution in [0.4, 0.5) is 5.82 Å². The minimum absolute atomic E-state index is 0.0408. The van der Waals surface area contributed by atoms with E-state index in [2.05, 4.69) is 46.6 Å². The molecule has 5 heteroatoms. The lowest BCUT2D eigenvalue weighted by molar-refractivity contribution is 0.152. The standard InChI is InChI=1S/C13H20BrN3O/c1-13(2,3)12-15-10(14)9-11(16-12)17-5-4-7-18-8-6-17/h9H,4-8H2,1-3H3. The first kappa shape index (κ1) is 13.7. The van der Waals surface area contributed by atoms with E-state index in [0.29, 0.717) is 0 Å². The highest BCUT2D eigenvalue weighted by atomic mass is 79.9. The molecule has 0 amide bonds. The van der Waals surface area contributed by atoms with Crippen LogP contribution in [0.25, 0.3) is 0 Å². The van der Waals surface area contributed by atoms with E-state index in [9.17, 15) is 0 Å². The van der Waals surface area contributed by atoms with E-state index in [1.165, 1.54) is 0 Å². The Morgan fingerprint density at radius 2 is 2.00 bits per heavy atom.